The number of hydrogen-bond donors (Lipinski definition) is 2. The normalized spacial score (nSPS) is 32.9. The molecule has 0 bridgehead atoms. The molecule has 0 aromatic carbocycles. The van der Waals surface area contributed by atoms with Gasteiger partial charge >= 0.3 is 5.97 Å². The summed E-state index contributed by atoms with van der Waals surface area (Å²) in [6, 6.07) is 0. The van der Waals surface area contributed by atoms with E-state index < -0.39 is 17.0 Å². The van der Waals surface area contributed by atoms with Crippen molar-refractivity contribution in [2.45, 2.75) is 46.1 Å². The number of carbonyl (C=O) groups is 1. The Morgan fingerprint density at radius 1 is 1.43 bits per heavy atom. The van der Waals surface area contributed by atoms with Crippen molar-refractivity contribution in [1.29, 1.82) is 0 Å². The molecule has 0 amide bonds. The van der Waals surface area contributed by atoms with Gasteiger partial charge in [0.2, 0.25) is 0 Å². The van der Waals surface area contributed by atoms with Crippen LogP contribution in [-0.2, 0) is 4.79 Å². The van der Waals surface area contributed by atoms with Crippen molar-refractivity contribution >= 4 is 5.97 Å². The minimum Gasteiger partial charge on any atom is -0.481 e. The van der Waals surface area contributed by atoms with E-state index in [0.29, 0.717) is 24.7 Å². The second kappa shape index (κ2) is 3.23. The zero-order valence-electron chi connectivity index (χ0n) is 9.37. The lowest BCUT2D eigenvalue weighted by molar-refractivity contribution is -0.191. The molecule has 0 saturated heterocycles. The summed E-state index contributed by atoms with van der Waals surface area (Å²) in [5, 5.41) is 19.2. The molecule has 82 valence electrons. The molecule has 0 aromatic heterocycles. The second-order valence-electron chi connectivity index (χ2n) is 5.37. The van der Waals surface area contributed by atoms with Crippen LogP contribution >= 0.6 is 0 Å². The molecular formula is C11H20O3. The van der Waals surface area contributed by atoms with Gasteiger partial charge in [-0.1, -0.05) is 13.8 Å². The predicted molar refractivity (Wildman–Crippen MR) is 53.9 cm³/mol. The summed E-state index contributed by atoms with van der Waals surface area (Å²) in [7, 11) is 0. The van der Waals surface area contributed by atoms with Crippen molar-refractivity contribution in [3.63, 3.8) is 0 Å². The summed E-state index contributed by atoms with van der Waals surface area (Å²) in [5.74, 6) is 0.0840. The first-order valence-electron chi connectivity index (χ1n) is 5.16. The van der Waals surface area contributed by atoms with E-state index >= 15 is 0 Å². The number of aliphatic hydroxyl groups is 1. The van der Waals surface area contributed by atoms with Gasteiger partial charge in [0.25, 0.3) is 0 Å². The summed E-state index contributed by atoms with van der Waals surface area (Å²) in [6.07, 6.45) is 1.23. The Labute approximate surface area is 85.1 Å². The molecule has 0 atom stereocenters. The number of rotatable bonds is 3. The van der Waals surface area contributed by atoms with Crippen LogP contribution in [0.5, 0.6) is 0 Å². The summed E-state index contributed by atoms with van der Waals surface area (Å²) in [4.78, 5) is 11.0. The minimum atomic E-state index is -1.03. The molecule has 0 unspecified atom stereocenters. The number of aliphatic carboxylic acids is 1. The van der Waals surface area contributed by atoms with Crippen molar-refractivity contribution in [3.05, 3.63) is 0 Å². The maximum absolute atomic E-state index is 11.0. The molecule has 1 aliphatic carbocycles. The van der Waals surface area contributed by atoms with Crippen LogP contribution in [0.4, 0.5) is 0 Å². The highest BCUT2D eigenvalue weighted by atomic mass is 16.4. The molecule has 1 aliphatic rings. The molecule has 0 aliphatic heterocycles. The standard InChI is InChI=1S/C11H20O3/c1-7(2)8-5-11(14,6-8)10(3,4)9(12)13/h7-8,14H,5-6H2,1-4H3,(H,12,13). The van der Waals surface area contributed by atoms with Gasteiger partial charge in [0.05, 0.1) is 11.0 Å². The van der Waals surface area contributed by atoms with E-state index in [1.807, 2.05) is 0 Å². The minimum absolute atomic E-state index is 0.471. The summed E-state index contributed by atoms with van der Waals surface area (Å²) in [5.41, 5.74) is -2.04. The number of hydrogen-bond acceptors (Lipinski definition) is 2. The maximum atomic E-state index is 11.0. The monoisotopic (exact) mass is 200 g/mol. The van der Waals surface area contributed by atoms with Gasteiger partial charge in [0.15, 0.2) is 0 Å². The van der Waals surface area contributed by atoms with Crippen molar-refractivity contribution in [3.8, 4) is 0 Å². The van der Waals surface area contributed by atoms with E-state index in [0.717, 1.165) is 0 Å². The van der Waals surface area contributed by atoms with Crippen molar-refractivity contribution in [2.24, 2.45) is 17.3 Å². The van der Waals surface area contributed by atoms with Crippen LogP contribution < -0.4 is 0 Å². The van der Waals surface area contributed by atoms with E-state index in [1.54, 1.807) is 13.8 Å². The molecule has 0 heterocycles. The molecule has 3 heteroatoms. The lowest BCUT2D eigenvalue weighted by Crippen LogP contribution is -2.58. The van der Waals surface area contributed by atoms with Gasteiger partial charge in [-0.25, -0.2) is 0 Å². The first-order valence-corrected chi connectivity index (χ1v) is 5.16. The van der Waals surface area contributed by atoms with E-state index in [4.69, 9.17) is 5.11 Å². The van der Waals surface area contributed by atoms with Crippen molar-refractivity contribution in [1.82, 2.24) is 0 Å². The quantitative estimate of drug-likeness (QED) is 0.731. The SMILES string of the molecule is CC(C)C1CC(O)(C(C)(C)C(=O)O)C1. The Morgan fingerprint density at radius 2 is 1.86 bits per heavy atom. The topological polar surface area (TPSA) is 57.5 Å². The van der Waals surface area contributed by atoms with Gasteiger partial charge in [0, 0.05) is 0 Å². The highest BCUT2D eigenvalue weighted by molar-refractivity contribution is 5.75. The first kappa shape index (κ1) is 11.5. The maximum Gasteiger partial charge on any atom is 0.312 e. The number of carboxylic acid groups (broad SMARTS) is 1. The Balaban J connectivity index is 2.68. The van der Waals surface area contributed by atoms with Gasteiger partial charge in [0.1, 0.15) is 0 Å². The predicted octanol–water partition coefficient (Wildman–Crippen LogP) is 1.89. The molecule has 1 rings (SSSR count). The number of carboxylic acids is 1. The third-order valence-corrected chi connectivity index (χ3v) is 3.84. The first-order chi connectivity index (χ1) is 6.21. The van der Waals surface area contributed by atoms with Gasteiger partial charge in [-0.05, 0) is 38.5 Å². The summed E-state index contributed by atoms with van der Waals surface area (Å²) < 4.78 is 0. The van der Waals surface area contributed by atoms with Crippen LogP contribution in [0.2, 0.25) is 0 Å². The van der Waals surface area contributed by atoms with Crippen molar-refractivity contribution in [2.75, 3.05) is 0 Å². The van der Waals surface area contributed by atoms with Gasteiger partial charge in [-0.2, -0.15) is 0 Å². The van der Waals surface area contributed by atoms with Crippen LogP contribution in [0.3, 0.4) is 0 Å². The molecule has 0 radical (unpaired) electrons. The zero-order valence-corrected chi connectivity index (χ0v) is 9.37. The average Bonchev–Trinajstić information content (AvgIpc) is 1.97. The third-order valence-electron chi connectivity index (χ3n) is 3.84. The molecule has 0 spiro atoms. The summed E-state index contributed by atoms with van der Waals surface area (Å²) >= 11 is 0. The van der Waals surface area contributed by atoms with Crippen LogP contribution in [0.1, 0.15) is 40.5 Å². The van der Waals surface area contributed by atoms with Crippen LogP contribution in [0.15, 0.2) is 0 Å². The Bertz CT molecular complexity index is 237. The van der Waals surface area contributed by atoms with E-state index in [9.17, 15) is 9.90 Å². The second-order valence-corrected chi connectivity index (χ2v) is 5.37. The zero-order chi connectivity index (χ0) is 11.1. The van der Waals surface area contributed by atoms with E-state index in [1.165, 1.54) is 0 Å². The molecule has 0 aromatic rings. The molecule has 2 N–H and O–H groups in total. The third kappa shape index (κ3) is 1.54. The lowest BCUT2D eigenvalue weighted by Gasteiger charge is -2.52. The highest BCUT2D eigenvalue weighted by Gasteiger charge is 2.56. The smallest absolute Gasteiger partial charge is 0.312 e. The lowest BCUT2D eigenvalue weighted by atomic mass is 9.56. The molecule has 1 saturated carbocycles. The fraction of sp³-hybridized carbons (Fsp3) is 0.909. The average molecular weight is 200 g/mol. The summed E-state index contributed by atoms with van der Waals surface area (Å²) in [6.45, 7) is 7.42. The van der Waals surface area contributed by atoms with E-state index in [-0.39, 0.29) is 0 Å². The van der Waals surface area contributed by atoms with Gasteiger partial charge in [-0.3, -0.25) is 4.79 Å². The van der Waals surface area contributed by atoms with E-state index in [2.05, 4.69) is 13.8 Å². The van der Waals surface area contributed by atoms with Crippen LogP contribution in [0.25, 0.3) is 0 Å². The van der Waals surface area contributed by atoms with Gasteiger partial charge in [-0.15, -0.1) is 0 Å². The molecule has 3 nitrogen and oxygen atoms in total. The van der Waals surface area contributed by atoms with Crippen LogP contribution in [0, 0.1) is 17.3 Å². The molecular weight excluding hydrogens is 180 g/mol. The fourth-order valence-corrected chi connectivity index (χ4v) is 1.99. The molecule has 14 heavy (non-hydrogen) atoms. The van der Waals surface area contributed by atoms with Crippen molar-refractivity contribution < 1.29 is 15.0 Å². The fourth-order valence-electron chi connectivity index (χ4n) is 1.99. The Morgan fingerprint density at radius 3 is 2.14 bits per heavy atom. The van der Waals surface area contributed by atoms with Crippen LogP contribution in [-0.4, -0.2) is 21.8 Å². The van der Waals surface area contributed by atoms with Gasteiger partial charge < -0.3 is 10.2 Å². The highest BCUT2D eigenvalue weighted by Crippen LogP contribution is 2.51. The Kier molecular flexibility index (Phi) is 2.65. The largest absolute Gasteiger partial charge is 0.481 e. The Hall–Kier alpha value is -0.570. The molecule has 1 fully saturated rings.